The van der Waals surface area contributed by atoms with Crippen LogP contribution in [-0.4, -0.2) is 55.0 Å². The normalized spacial score (nSPS) is 12.3. The maximum Gasteiger partial charge on any atom is 0.238 e. The van der Waals surface area contributed by atoms with E-state index in [0.717, 1.165) is 15.5 Å². The van der Waals surface area contributed by atoms with Crippen molar-refractivity contribution in [1.82, 2.24) is 4.90 Å². The second-order valence-corrected chi connectivity index (χ2v) is 7.57. The van der Waals surface area contributed by atoms with Gasteiger partial charge in [0.25, 0.3) is 0 Å². The lowest BCUT2D eigenvalue weighted by atomic mass is 10.3. The van der Waals surface area contributed by atoms with E-state index in [1.807, 2.05) is 55.1 Å². The molecule has 0 fully saturated rings. The number of aliphatic hydroxyl groups excluding tert-OH is 1. The van der Waals surface area contributed by atoms with Crippen LogP contribution in [0.15, 0.2) is 46.7 Å². The summed E-state index contributed by atoms with van der Waals surface area (Å²) in [5, 5.41) is 14.9. The highest BCUT2D eigenvalue weighted by atomic mass is 32.2. The fourth-order valence-corrected chi connectivity index (χ4v) is 3.54. The van der Waals surface area contributed by atoms with E-state index in [4.69, 9.17) is 4.74 Å². The van der Waals surface area contributed by atoms with Crippen LogP contribution in [0.5, 0.6) is 0 Å². The molecule has 0 spiro atoms. The van der Waals surface area contributed by atoms with Gasteiger partial charge in [0.15, 0.2) is 0 Å². The van der Waals surface area contributed by atoms with E-state index in [-0.39, 0.29) is 19.1 Å². The molecule has 0 bridgehead atoms. The van der Waals surface area contributed by atoms with Gasteiger partial charge in [-0.1, -0.05) is 18.2 Å². The van der Waals surface area contributed by atoms with Crippen molar-refractivity contribution in [2.24, 2.45) is 0 Å². The molecule has 0 aliphatic heterocycles. The fourth-order valence-electron chi connectivity index (χ4n) is 2.35. The number of carbonyl (C=O) groups excluding carboxylic acids is 1. The van der Waals surface area contributed by atoms with Crippen molar-refractivity contribution in [1.29, 1.82) is 0 Å². The number of thiophene rings is 1. The van der Waals surface area contributed by atoms with Crippen LogP contribution in [0.4, 0.5) is 5.69 Å². The number of benzene rings is 1. The molecule has 0 radical (unpaired) electrons. The van der Waals surface area contributed by atoms with E-state index in [1.54, 1.807) is 28.0 Å². The monoisotopic (exact) mass is 380 g/mol. The number of aliphatic hydroxyl groups is 1. The molecular formula is C18H24N2O3S2. The number of thioether (sulfide) groups is 1. The van der Waals surface area contributed by atoms with E-state index in [0.29, 0.717) is 13.2 Å². The molecule has 2 aromatic rings. The maximum atomic E-state index is 12.2. The van der Waals surface area contributed by atoms with Crippen LogP contribution < -0.4 is 5.32 Å². The number of amides is 1. The van der Waals surface area contributed by atoms with Crippen molar-refractivity contribution >= 4 is 34.7 Å². The first-order chi connectivity index (χ1) is 12.1. The lowest BCUT2D eigenvalue weighted by Crippen LogP contribution is -2.37. The number of hydrogen-bond acceptors (Lipinski definition) is 6. The van der Waals surface area contributed by atoms with Gasteiger partial charge in [0.1, 0.15) is 0 Å². The number of carbonyl (C=O) groups is 1. The van der Waals surface area contributed by atoms with Gasteiger partial charge in [-0.15, -0.1) is 23.1 Å². The van der Waals surface area contributed by atoms with Gasteiger partial charge >= 0.3 is 0 Å². The number of hydrogen-bond donors (Lipinski definition) is 2. The summed E-state index contributed by atoms with van der Waals surface area (Å²) >= 11 is 3.22. The minimum atomic E-state index is -0.628. The van der Waals surface area contributed by atoms with Gasteiger partial charge < -0.3 is 15.2 Å². The minimum absolute atomic E-state index is 0.101. The standard InChI is InChI=1S/C18H24N2O3S2/c1-20(10-14(21)12-23-13-15-6-5-9-25-15)11-18(22)19-16-7-3-4-8-17(16)24-2/h3-9,14,21H,10-13H2,1-2H3,(H,19,22). The van der Waals surface area contributed by atoms with Gasteiger partial charge in [0.2, 0.25) is 5.91 Å². The Balaban J connectivity index is 1.69. The van der Waals surface area contributed by atoms with Crippen molar-refractivity contribution in [3.05, 3.63) is 46.7 Å². The highest BCUT2D eigenvalue weighted by molar-refractivity contribution is 7.98. The van der Waals surface area contributed by atoms with Crippen LogP contribution in [0.1, 0.15) is 4.88 Å². The summed E-state index contributed by atoms with van der Waals surface area (Å²) in [6, 6.07) is 11.7. The van der Waals surface area contributed by atoms with E-state index < -0.39 is 6.10 Å². The Hall–Kier alpha value is -1.38. The van der Waals surface area contributed by atoms with Gasteiger partial charge in [-0.05, 0) is 36.9 Å². The average Bonchev–Trinajstić information content (AvgIpc) is 3.08. The topological polar surface area (TPSA) is 61.8 Å². The highest BCUT2D eigenvalue weighted by Gasteiger charge is 2.13. The fraction of sp³-hybridized carbons (Fsp3) is 0.389. The van der Waals surface area contributed by atoms with Crippen LogP contribution in [0, 0.1) is 0 Å². The first-order valence-corrected chi connectivity index (χ1v) is 10.1. The van der Waals surface area contributed by atoms with Gasteiger partial charge in [0, 0.05) is 16.3 Å². The van der Waals surface area contributed by atoms with E-state index in [2.05, 4.69) is 5.32 Å². The molecule has 0 aliphatic rings. The van der Waals surface area contributed by atoms with Crippen molar-refractivity contribution in [3.63, 3.8) is 0 Å². The number of rotatable bonds is 10. The van der Waals surface area contributed by atoms with Gasteiger partial charge in [-0.25, -0.2) is 0 Å². The number of anilines is 1. The molecule has 0 aliphatic carbocycles. The molecule has 1 unspecified atom stereocenters. The van der Waals surface area contributed by atoms with Gasteiger partial charge in [-0.3, -0.25) is 9.69 Å². The van der Waals surface area contributed by atoms with Crippen LogP contribution in [0.25, 0.3) is 0 Å². The molecule has 1 atom stereocenters. The molecule has 25 heavy (non-hydrogen) atoms. The molecule has 1 heterocycles. The summed E-state index contributed by atoms with van der Waals surface area (Å²) in [6.45, 7) is 1.34. The smallest absolute Gasteiger partial charge is 0.238 e. The Bertz CT molecular complexity index is 650. The zero-order valence-electron chi connectivity index (χ0n) is 14.5. The van der Waals surface area contributed by atoms with Crippen molar-refractivity contribution < 1.29 is 14.6 Å². The third-order valence-corrected chi connectivity index (χ3v) is 5.10. The Morgan fingerprint density at radius 1 is 1.36 bits per heavy atom. The SMILES string of the molecule is CSc1ccccc1NC(=O)CN(C)CC(O)COCc1cccs1. The lowest BCUT2D eigenvalue weighted by molar-refractivity contribution is -0.117. The Kier molecular flexibility index (Phi) is 8.43. The van der Waals surface area contributed by atoms with Crippen LogP contribution >= 0.6 is 23.1 Å². The van der Waals surface area contributed by atoms with Crippen LogP contribution in [0.2, 0.25) is 0 Å². The molecule has 2 N–H and O–H groups in total. The molecule has 2 rings (SSSR count). The number of ether oxygens (including phenoxy) is 1. The van der Waals surface area contributed by atoms with E-state index in [1.165, 1.54) is 0 Å². The first kappa shape index (κ1) is 19.9. The summed E-state index contributed by atoms with van der Waals surface area (Å²) in [5.74, 6) is -0.101. The molecule has 1 aromatic carbocycles. The summed E-state index contributed by atoms with van der Waals surface area (Å²) in [6.07, 6.45) is 1.35. The molecule has 0 saturated carbocycles. The third kappa shape index (κ3) is 7.17. The zero-order chi connectivity index (χ0) is 18.1. The van der Waals surface area contributed by atoms with Crippen molar-refractivity contribution in [2.45, 2.75) is 17.6 Å². The predicted molar refractivity (Wildman–Crippen MR) is 104 cm³/mol. The Morgan fingerprint density at radius 3 is 2.88 bits per heavy atom. The third-order valence-electron chi connectivity index (χ3n) is 3.45. The Labute approximate surface area is 157 Å². The minimum Gasteiger partial charge on any atom is -0.389 e. The van der Waals surface area contributed by atoms with Crippen LogP contribution in [0.3, 0.4) is 0 Å². The summed E-state index contributed by atoms with van der Waals surface area (Å²) in [7, 11) is 1.81. The highest BCUT2D eigenvalue weighted by Crippen LogP contribution is 2.24. The van der Waals surface area contributed by atoms with Crippen LogP contribution in [-0.2, 0) is 16.1 Å². The number of para-hydroxylation sites is 1. The molecule has 1 aromatic heterocycles. The molecular weight excluding hydrogens is 356 g/mol. The molecule has 1 amide bonds. The molecule has 5 nitrogen and oxygen atoms in total. The second-order valence-electron chi connectivity index (χ2n) is 5.69. The zero-order valence-corrected chi connectivity index (χ0v) is 16.1. The molecule has 0 saturated heterocycles. The van der Waals surface area contributed by atoms with E-state index in [9.17, 15) is 9.90 Å². The van der Waals surface area contributed by atoms with Gasteiger partial charge in [0.05, 0.1) is 31.5 Å². The lowest BCUT2D eigenvalue weighted by Gasteiger charge is -2.20. The molecule has 7 heteroatoms. The summed E-state index contributed by atoms with van der Waals surface area (Å²) in [5.41, 5.74) is 0.813. The predicted octanol–water partition coefficient (Wildman–Crippen LogP) is 2.92. The summed E-state index contributed by atoms with van der Waals surface area (Å²) < 4.78 is 5.50. The van der Waals surface area contributed by atoms with E-state index >= 15 is 0 Å². The Morgan fingerprint density at radius 2 is 2.16 bits per heavy atom. The van der Waals surface area contributed by atoms with Gasteiger partial charge in [-0.2, -0.15) is 0 Å². The first-order valence-electron chi connectivity index (χ1n) is 7.98. The number of nitrogens with zero attached hydrogens (tertiary/aromatic N) is 1. The molecule has 136 valence electrons. The van der Waals surface area contributed by atoms with Crippen molar-refractivity contribution in [3.8, 4) is 0 Å². The summed E-state index contributed by atoms with van der Waals surface area (Å²) in [4.78, 5) is 16.1. The number of likely N-dealkylation sites (N-methyl/N-ethyl adjacent to an activating group) is 1. The number of nitrogens with one attached hydrogen (secondary N) is 1. The average molecular weight is 381 g/mol. The van der Waals surface area contributed by atoms with Crippen molar-refractivity contribution in [2.75, 3.05) is 38.3 Å². The second kappa shape index (κ2) is 10.6. The maximum absolute atomic E-state index is 12.2. The largest absolute Gasteiger partial charge is 0.389 e. The quantitative estimate of drug-likeness (QED) is 0.621.